The van der Waals surface area contributed by atoms with Gasteiger partial charge in [-0.05, 0) is 18.2 Å². The molecule has 0 bridgehead atoms. The fourth-order valence-electron chi connectivity index (χ4n) is 2.70. The number of rotatable bonds is 3. The van der Waals surface area contributed by atoms with Gasteiger partial charge in [-0.3, -0.25) is 9.59 Å². The summed E-state index contributed by atoms with van der Waals surface area (Å²) in [5, 5.41) is 9.71. The Kier molecular flexibility index (Phi) is 3.81. The molecule has 6 heteroatoms. The first-order valence-corrected chi connectivity index (χ1v) is 7.26. The Hall–Kier alpha value is -3.15. The molecular formula is C18H14O6. The molecule has 24 heavy (non-hydrogen) atoms. The zero-order chi connectivity index (χ0) is 17.3. The Bertz CT molecular complexity index is 827. The van der Waals surface area contributed by atoms with Crippen molar-refractivity contribution in [1.82, 2.24) is 0 Å². The summed E-state index contributed by atoms with van der Waals surface area (Å²) in [6.07, 6.45) is -0.344. The van der Waals surface area contributed by atoms with Crippen LogP contribution in [0.4, 0.5) is 0 Å². The van der Waals surface area contributed by atoms with Crippen LogP contribution in [0.15, 0.2) is 48.5 Å². The van der Waals surface area contributed by atoms with Gasteiger partial charge in [0.25, 0.3) is 0 Å². The molecule has 122 valence electrons. The van der Waals surface area contributed by atoms with Gasteiger partial charge >= 0.3 is 11.9 Å². The zero-order valence-corrected chi connectivity index (χ0v) is 12.8. The minimum absolute atomic E-state index is 0.147. The van der Waals surface area contributed by atoms with Crippen LogP contribution < -0.4 is 9.47 Å². The second-order valence-electron chi connectivity index (χ2n) is 5.45. The predicted molar refractivity (Wildman–Crippen MR) is 83.1 cm³/mol. The van der Waals surface area contributed by atoms with Crippen LogP contribution >= 0.6 is 0 Å². The molecule has 0 aliphatic carbocycles. The van der Waals surface area contributed by atoms with E-state index in [4.69, 9.17) is 9.47 Å². The molecular weight excluding hydrogens is 312 g/mol. The van der Waals surface area contributed by atoms with Gasteiger partial charge in [-0.15, -0.1) is 0 Å². The number of hydrogen-bond donors (Lipinski definition) is 1. The quantitative estimate of drug-likeness (QED) is 0.688. The maximum Gasteiger partial charge on any atom is 0.353 e. The summed E-state index contributed by atoms with van der Waals surface area (Å²) in [6, 6.07) is 12.6. The highest BCUT2D eigenvalue weighted by Gasteiger charge is 2.49. The van der Waals surface area contributed by atoms with Crippen LogP contribution in [0, 0.1) is 0 Å². The van der Waals surface area contributed by atoms with E-state index in [0.29, 0.717) is 5.56 Å². The number of fused-ring (bicyclic) bond motifs is 1. The van der Waals surface area contributed by atoms with Gasteiger partial charge in [0.05, 0.1) is 12.0 Å². The first kappa shape index (κ1) is 15.7. The van der Waals surface area contributed by atoms with Crippen LogP contribution in [0.1, 0.15) is 29.3 Å². The van der Waals surface area contributed by atoms with Crippen LogP contribution in [0.5, 0.6) is 11.5 Å². The largest absolute Gasteiger partial charge is 0.478 e. The maximum absolute atomic E-state index is 12.5. The van der Waals surface area contributed by atoms with E-state index in [9.17, 15) is 19.5 Å². The van der Waals surface area contributed by atoms with Crippen molar-refractivity contribution >= 4 is 17.7 Å². The lowest BCUT2D eigenvalue weighted by Crippen LogP contribution is -2.46. The number of carboxylic acids is 1. The van der Waals surface area contributed by atoms with Crippen molar-refractivity contribution < 1.29 is 29.0 Å². The van der Waals surface area contributed by atoms with E-state index in [1.54, 1.807) is 30.3 Å². The second-order valence-corrected chi connectivity index (χ2v) is 5.45. The van der Waals surface area contributed by atoms with Gasteiger partial charge < -0.3 is 14.6 Å². The number of benzene rings is 2. The average Bonchev–Trinajstić information content (AvgIpc) is 2.55. The zero-order valence-electron chi connectivity index (χ0n) is 12.8. The minimum Gasteiger partial charge on any atom is -0.478 e. The molecule has 0 spiro atoms. The Morgan fingerprint density at radius 1 is 1.17 bits per heavy atom. The molecule has 1 N–H and O–H groups in total. The smallest absolute Gasteiger partial charge is 0.353 e. The highest BCUT2D eigenvalue weighted by molar-refractivity contribution is 6.04. The molecule has 0 saturated carbocycles. The average molecular weight is 326 g/mol. The Balaban J connectivity index is 2.06. The molecule has 0 radical (unpaired) electrons. The number of esters is 1. The maximum atomic E-state index is 12.5. The summed E-state index contributed by atoms with van der Waals surface area (Å²) in [6.45, 7) is 1.25. The van der Waals surface area contributed by atoms with E-state index in [1.165, 1.54) is 25.1 Å². The topological polar surface area (TPSA) is 89.9 Å². The summed E-state index contributed by atoms with van der Waals surface area (Å²) in [5.74, 6) is -1.79. The van der Waals surface area contributed by atoms with Crippen LogP contribution in [-0.4, -0.2) is 22.8 Å². The molecule has 1 aliphatic rings. The van der Waals surface area contributed by atoms with Crippen molar-refractivity contribution in [3.63, 3.8) is 0 Å². The van der Waals surface area contributed by atoms with Gasteiger partial charge in [0.1, 0.15) is 11.5 Å². The molecule has 2 aromatic carbocycles. The highest BCUT2D eigenvalue weighted by Crippen LogP contribution is 2.41. The number of hydrogen-bond acceptors (Lipinski definition) is 5. The first-order chi connectivity index (χ1) is 11.4. The van der Waals surface area contributed by atoms with Crippen LogP contribution in [-0.2, 0) is 15.2 Å². The molecule has 1 heterocycles. The highest BCUT2D eigenvalue weighted by atomic mass is 16.5. The lowest BCUT2D eigenvalue weighted by molar-refractivity contribution is -0.156. The Morgan fingerprint density at radius 2 is 1.88 bits per heavy atom. The monoisotopic (exact) mass is 326 g/mol. The number of ketones is 1. The van der Waals surface area contributed by atoms with E-state index in [0.717, 1.165) is 0 Å². The van der Waals surface area contributed by atoms with Crippen LogP contribution in [0.3, 0.4) is 0 Å². The predicted octanol–water partition coefficient (Wildman–Crippen LogP) is 2.56. The molecule has 0 saturated heterocycles. The number of carboxylic acid groups (broad SMARTS) is 1. The van der Waals surface area contributed by atoms with Gasteiger partial charge in [-0.2, -0.15) is 0 Å². The molecule has 3 rings (SSSR count). The minimum atomic E-state index is -1.77. The van der Waals surface area contributed by atoms with E-state index in [2.05, 4.69) is 0 Å². The number of carbonyl (C=O) groups is 3. The molecule has 0 aromatic heterocycles. The van der Waals surface area contributed by atoms with Crippen LogP contribution in [0.25, 0.3) is 0 Å². The van der Waals surface area contributed by atoms with Crippen molar-refractivity contribution in [1.29, 1.82) is 0 Å². The van der Waals surface area contributed by atoms with Crippen LogP contribution in [0.2, 0.25) is 0 Å². The first-order valence-electron chi connectivity index (χ1n) is 7.26. The number of ether oxygens (including phenoxy) is 2. The molecule has 0 fully saturated rings. The van der Waals surface area contributed by atoms with Gasteiger partial charge in [0.15, 0.2) is 5.78 Å². The fraction of sp³-hybridized carbons (Fsp3) is 0.167. The van der Waals surface area contributed by atoms with E-state index >= 15 is 0 Å². The van der Waals surface area contributed by atoms with Crippen molar-refractivity contribution in [2.45, 2.75) is 18.9 Å². The molecule has 1 aliphatic heterocycles. The van der Waals surface area contributed by atoms with E-state index in [1.807, 2.05) is 0 Å². The van der Waals surface area contributed by atoms with Crippen molar-refractivity contribution in [2.24, 2.45) is 0 Å². The van der Waals surface area contributed by atoms with E-state index in [-0.39, 0.29) is 23.5 Å². The van der Waals surface area contributed by atoms with Gasteiger partial charge in [-0.1, -0.05) is 30.3 Å². The molecule has 6 nitrogen and oxygen atoms in total. The lowest BCUT2D eigenvalue weighted by atomic mass is 9.84. The Morgan fingerprint density at radius 3 is 2.50 bits per heavy atom. The summed E-state index contributed by atoms with van der Waals surface area (Å²) in [4.78, 5) is 35.5. The van der Waals surface area contributed by atoms with Gasteiger partial charge in [0.2, 0.25) is 5.60 Å². The molecule has 0 amide bonds. The fourth-order valence-corrected chi connectivity index (χ4v) is 2.70. The second kappa shape index (κ2) is 5.81. The van der Waals surface area contributed by atoms with Crippen molar-refractivity contribution in [3.8, 4) is 11.5 Å². The molecule has 1 atom stereocenters. The normalized spacial score (nSPS) is 19.1. The number of carbonyl (C=O) groups excluding carboxylic acids is 2. The van der Waals surface area contributed by atoms with Gasteiger partial charge in [-0.25, -0.2) is 4.79 Å². The summed E-state index contributed by atoms with van der Waals surface area (Å²) < 4.78 is 10.7. The third-order valence-corrected chi connectivity index (χ3v) is 3.79. The third kappa shape index (κ3) is 2.62. The van der Waals surface area contributed by atoms with Crippen molar-refractivity contribution in [3.05, 3.63) is 59.7 Å². The number of Topliss-reactive ketones (excluding diaryl/α,β-unsaturated/α-hetero) is 1. The van der Waals surface area contributed by atoms with E-state index < -0.39 is 23.3 Å². The summed E-state index contributed by atoms with van der Waals surface area (Å²) >= 11 is 0. The summed E-state index contributed by atoms with van der Waals surface area (Å²) in [7, 11) is 0. The molecule has 1 unspecified atom stereocenters. The van der Waals surface area contributed by atoms with Gasteiger partial charge in [0, 0.05) is 12.5 Å². The Labute approximate surface area is 137 Å². The molecule has 2 aromatic rings. The number of aliphatic carboxylic acids is 1. The third-order valence-electron chi connectivity index (χ3n) is 3.79. The standard InChI is InChI=1S/C18H14O6/c1-11(19)23-13-7-8-16-14(9-13)15(20)10-18(24-16,17(21)22)12-5-3-2-4-6-12/h2-9H,10H2,1H3,(H,21,22). The lowest BCUT2D eigenvalue weighted by Gasteiger charge is -2.34. The SMILES string of the molecule is CC(=O)Oc1ccc2c(c1)C(=O)CC(C(=O)O)(c1ccccc1)O2. The van der Waals surface area contributed by atoms with Crippen molar-refractivity contribution in [2.75, 3.05) is 0 Å². The summed E-state index contributed by atoms with van der Waals surface area (Å²) in [5.41, 5.74) is -1.18.